The monoisotopic (exact) mass is 331 g/mol. The molecular formula is C15H17N5O4. The highest BCUT2D eigenvalue weighted by Gasteiger charge is 2.29. The number of likely N-dealkylation sites (tertiary alicyclic amines) is 1. The lowest BCUT2D eigenvalue weighted by Crippen LogP contribution is -2.39. The highest BCUT2D eigenvalue weighted by Crippen LogP contribution is 2.29. The van der Waals surface area contributed by atoms with Gasteiger partial charge in [-0.2, -0.15) is 0 Å². The number of urea groups is 1. The first-order valence-corrected chi connectivity index (χ1v) is 7.46. The number of carbonyl (C=O) groups is 3. The molecule has 0 unspecified atom stereocenters. The molecule has 1 atom stereocenters. The van der Waals surface area contributed by atoms with Gasteiger partial charge in [-0.1, -0.05) is 0 Å². The van der Waals surface area contributed by atoms with Crippen molar-refractivity contribution in [2.75, 3.05) is 18.4 Å². The number of nitrogens with zero attached hydrogens (tertiary/aromatic N) is 2. The second-order valence-electron chi connectivity index (χ2n) is 5.59. The molecule has 1 aliphatic heterocycles. The summed E-state index contributed by atoms with van der Waals surface area (Å²) >= 11 is 0. The van der Waals surface area contributed by atoms with Gasteiger partial charge in [0.05, 0.1) is 5.39 Å². The van der Waals surface area contributed by atoms with Gasteiger partial charge in [-0.25, -0.2) is 9.78 Å². The lowest BCUT2D eigenvalue weighted by atomic mass is 10.2. The summed E-state index contributed by atoms with van der Waals surface area (Å²) in [6.45, 7) is 2.33. The molecule has 0 aromatic carbocycles. The molecule has 1 saturated heterocycles. The number of aromatic nitrogens is 1. The Kier molecular flexibility index (Phi) is 4.07. The van der Waals surface area contributed by atoms with Gasteiger partial charge in [-0.15, -0.1) is 0 Å². The number of amides is 4. The van der Waals surface area contributed by atoms with Gasteiger partial charge in [0.15, 0.2) is 0 Å². The Morgan fingerprint density at radius 2 is 2.21 bits per heavy atom. The second-order valence-corrected chi connectivity index (χ2v) is 5.59. The summed E-state index contributed by atoms with van der Waals surface area (Å²) in [5.41, 5.74) is 5.74. The zero-order valence-electron chi connectivity index (χ0n) is 13.0. The van der Waals surface area contributed by atoms with Gasteiger partial charge in [-0.05, 0) is 18.6 Å². The standard InChI is InChI=1S/C15H17N5O4/c1-8(21)18-9-4-6-20(7-9)15(23)19-11-10-3-2-5-17-14(10)24-12(11)13(16)22/h2-3,5,9H,4,6-7H2,1H3,(H2,16,22)(H,18,21)(H,19,23)/t9-/m1/s1. The zero-order chi connectivity index (χ0) is 17.3. The molecule has 126 valence electrons. The number of fused-ring (bicyclic) bond motifs is 1. The van der Waals surface area contributed by atoms with Crippen molar-refractivity contribution in [3.8, 4) is 0 Å². The fourth-order valence-electron chi connectivity index (χ4n) is 2.77. The minimum atomic E-state index is -0.791. The quantitative estimate of drug-likeness (QED) is 0.761. The van der Waals surface area contributed by atoms with Gasteiger partial charge in [0, 0.05) is 32.3 Å². The summed E-state index contributed by atoms with van der Waals surface area (Å²) in [4.78, 5) is 40.7. The van der Waals surface area contributed by atoms with Crippen molar-refractivity contribution in [1.29, 1.82) is 0 Å². The number of carbonyl (C=O) groups excluding carboxylic acids is 3. The van der Waals surface area contributed by atoms with E-state index in [0.29, 0.717) is 24.9 Å². The highest BCUT2D eigenvalue weighted by molar-refractivity contribution is 6.09. The molecule has 3 rings (SSSR count). The molecule has 2 aromatic rings. The number of pyridine rings is 1. The van der Waals surface area contributed by atoms with Crippen molar-refractivity contribution in [3.63, 3.8) is 0 Å². The smallest absolute Gasteiger partial charge is 0.322 e. The molecule has 9 nitrogen and oxygen atoms in total. The average molecular weight is 331 g/mol. The van der Waals surface area contributed by atoms with Gasteiger partial charge in [0.1, 0.15) is 5.69 Å². The van der Waals surface area contributed by atoms with Crippen LogP contribution in [0.5, 0.6) is 0 Å². The molecule has 2 aromatic heterocycles. The molecule has 3 heterocycles. The number of anilines is 1. The molecule has 9 heteroatoms. The molecule has 1 fully saturated rings. The van der Waals surface area contributed by atoms with E-state index in [2.05, 4.69) is 15.6 Å². The predicted octanol–water partition coefficient (Wildman–Crippen LogP) is 0.669. The topological polar surface area (TPSA) is 131 Å². The maximum atomic E-state index is 12.5. The molecule has 0 aliphatic carbocycles. The van der Waals surface area contributed by atoms with E-state index in [9.17, 15) is 14.4 Å². The van der Waals surface area contributed by atoms with Crippen LogP contribution in [0.2, 0.25) is 0 Å². The number of hydrogen-bond acceptors (Lipinski definition) is 5. The SMILES string of the molecule is CC(=O)N[C@@H]1CCN(C(=O)Nc2c(C(N)=O)oc3ncccc23)C1. The van der Waals surface area contributed by atoms with E-state index in [-0.39, 0.29) is 29.1 Å². The fourth-order valence-corrected chi connectivity index (χ4v) is 2.77. The van der Waals surface area contributed by atoms with Gasteiger partial charge < -0.3 is 25.7 Å². The Morgan fingerprint density at radius 3 is 2.92 bits per heavy atom. The minimum absolute atomic E-state index is 0.0772. The molecule has 1 aliphatic rings. The number of primary amides is 1. The van der Waals surface area contributed by atoms with E-state index in [1.807, 2.05) is 0 Å². The Morgan fingerprint density at radius 1 is 1.42 bits per heavy atom. The van der Waals surface area contributed by atoms with Crippen LogP contribution in [0.1, 0.15) is 23.9 Å². The fraction of sp³-hybridized carbons (Fsp3) is 0.333. The molecular weight excluding hydrogens is 314 g/mol. The summed E-state index contributed by atoms with van der Waals surface area (Å²) in [5.74, 6) is -1.07. The summed E-state index contributed by atoms with van der Waals surface area (Å²) in [6.07, 6.45) is 2.18. The van der Waals surface area contributed by atoms with Crippen molar-refractivity contribution in [2.24, 2.45) is 5.73 Å². The van der Waals surface area contributed by atoms with E-state index in [1.54, 1.807) is 17.0 Å². The molecule has 0 bridgehead atoms. The van der Waals surface area contributed by atoms with E-state index >= 15 is 0 Å². The Labute approximate surface area is 137 Å². The van der Waals surface area contributed by atoms with Crippen molar-refractivity contribution in [2.45, 2.75) is 19.4 Å². The lowest BCUT2D eigenvalue weighted by Gasteiger charge is -2.17. The third-order valence-electron chi connectivity index (χ3n) is 3.80. The van der Waals surface area contributed by atoms with Crippen LogP contribution in [-0.2, 0) is 4.79 Å². The second kappa shape index (κ2) is 6.19. The first kappa shape index (κ1) is 15.8. The molecule has 0 radical (unpaired) electrons. The normalized spacial score (nSPS) is 17.0. The predicted molar refractivity (Wildman–Crippen MR) is 85.3 cm³/mol. The van der Waals surface area contributed by atoms with E-state index < -0.39 is 11.9 Å². The zero-order valence-corrected chi connectivity index (χ0v) is 13.0. The van der Waals surface area contributed by atoms with Crippen LogP contribution >= 0.6 is 0 Å². The summed E-state index contributed by atoms with van der Waals surface area (Å²) < 4.78 is 5.32. The van der Waals surface area contributed by atoms with Crippen LogP contribution in [0.4, 0.5) is 10.5 Å². The van der Waals surface area contributed by atoms with Gasteiger partial charge in [0.25, 0.3) is 5.91 Å². The Balaban J connectivity index is 1.80. The van der Waals surface area contributed by atoms with Crippen LogP contribution in [0.3, 0.4) is 0 Å². The van der Waals surface area contributed by atoms with Gasteiger partial charge >= 0.3 is 6.03 Å². The molecule has 4 N–H and O–H groups in total. The van der Waals surface area contributed by atoms with Crippen LogP contribution in [0, 0.1) is 0 Å². The molecule has 0 spiro atoms. The number of hydrogen-bond donors (Lipinski definition) is 3. The Hall–Kier alpha value is -3.10. The third kappa shape index (κ3) is 3.00. The summed E-state index contributed by atoms with van der Waals surface area (Å²) in [5, 5.41) is 5.95. The van der Waals surface area contributed by atoms with Gasteiger partial charge in [-0.3, -0.25) is 9.59 Å². The van der Waals surface area contributed by atoms with Crippen molar-refractivity contribution >= 4 is 34.6 Å². The summed E-state index contributed by atoms with van der Waals surface area (Å²) in [6, 6.07) is 2.88. The summed E-state index contributed by atoms with van der Waals surface area (Å²) in [7, 11) is 0. The Bertz CT molecular complexity index is 815. The molecule has 0 saturated carbocycles. The van der Waals surface area contributed by atoms with Crippen LogP contribution in [0.15, 0.2) is 22.7 Å². The number of rotatable bonds is 3. The van der Waals surface area contributed by atoms with Crippen LogP contribution in [-0.4, -0.2) is 46.9 Å². The van der Waals surface area contributed by atoms with Crippen molar-refractivity contribution in [1.82, 2.24) is 15.2 Å². The van der Waals surface area contributed by atoms with Gasteiger partial charge in [0.2, 0.25) is 17.4 Å². The van der Waals surface area contributed by atoms with E-state index in [1.165, 1.54) is 13.1 Å². The number of furan rings is 1. The van der Waals surface area contributed by atoms with E-state index in [4.69, 9.17) is 10.2 Å². The van der Waals surface area contributed by atoms with E-state index in [0.717, 1.165) is 0 Å². The van der Waals surface area contributed by atoms with Crippen LogP contribution < -0.4 is 16.4 Å². The van der Waals surface area contributed by atoms with Crippen LogP contribution in [0.25, 0.3) is 11.1 Å². The largest absolute Gasteiger partial charge is 0.430 e. The molecule has 24 heavy (non-hydrogen) atoms. The minimum Gasteiger partial charge on any atom is -0.430 e. The third-order valence-corrected chi connectivity index (χ3v) is 3.80. The lowest BCUT2D eigenvalue weighted by molar-refractivity contribution is -0.119. The number of nitrogens with two attached hydrogens (primary N) is 1. The van der Waals surface area contributed by atoms with Crippen molar-refractivity contribution in [3.05, 3.63) is 24.1 Å². The first-order chi connectivity index (χ1) is 11.5. The first-order valence-electron chi connectivity index (χ1n) is 7.46. The maximum absolute atomic E-state index is 12.5. The molecule has 4 amide bonds. The number of nitrogens with one attached hydrogen (secondary N) is 2. The highest BCUT2D eigenvalue weighted by atomic mass is 16.4. The van der Waals surface area contributed by atoms with Crippen molar-refractivity contribution < 1.29 is 18.8 Å². The average Bonchev–Trinajstić information content (AvgIpc) is 3.12. The maximum Gasteiger partial charge on any atom is 0.322 e.